The smallest absolute Gasteiger partial charge is 0.196 e. The van der Waals surface area contributed by atoms with Crippen LogP contribution in [0.5, 0.6) is 0 Å². The van der Waals surface area contributed by atoms with E-state index in [9.17, 15) is 0 Å². The maximum atomic E-state index is 6.11. The van der Waals surface area contributed by atoms with Gasteiger partial charge in [0.2, 0.25) is 0 Å². The van der Waals surface area contributed by atoms with Crippen molar-refractivity contribution in [2.45, 2.75) is 32.2 Å². The molecule has 0 amide bonds. The average Bonchev–Trinajstić information content (AvgIpc) is 3.32. The summed E-state index contributed by atoms with van der Waals surface area (Å²) in [6.07, 6.45) is 5.66. The van der Waals surface area contributed by atoms with Crippen LogP contribution in [0.1, 0.15) is 31.5 Å². The summed E-state index contributed by atoms with van der Waals surface area (Å²) in [5, 5.41) is 9.49. The summed E-state index contributed by atoms with van der Waals surface area (Å²) in [6, 6.07) is 8.00. The van der Waals surface area contributed by atoms with Gasteiger partial charge < -0.3 is 13.9 Å². The molecular weight excluding hydrogens is 328 g/mol. The fourth-order valence-electron chi connectivity index (χ4n) is 3.94. The summed E-state index contributed by atoms with van der Waals surface area (Å²) >= 11 is 0. The molecule has 0 spiro atoms. The highest BCUT2D eigenvalue weighted by Crippen LogP contribution is 2.35. The second-order valence-electron chi connectivity index (χ2n) is 6.73. The van der Waals surface area contributed by atoms with Crippen LogP contribution in [-0.2, 0) is 6.54 Å². The molecule has 1 saturated heterocycles. The lowest BCUT2D eigenvalue weighted by atomic mass is 9.97. The van der Waals surface area contributed by atoms with E-state index in [1.54, 1.807) is 6.33 Å². The van der Waals surface area contributed by atoms with Crippen LogP contribution < -0.4 is 4.90 Å². The SMILES string of the molecule is CCn1cnnc1C1CCCN(c2ncnc3c2oc2ccccc23)C1. The van der Waals surface area contributed by atoms with Crippen molar-refractivity contribution in [1.29, 1.82) is 0 Å². The van der Waals surface area contributed by atoms with Gasteiger partial charge in [0.15, 0.2) is 11.4 Å². The van der Waals surface area contributed by atoms with Crippen LogP contribution in [0.25, 0.3) is 22.1 Å². The first kappa shape index (κ1) is 15.3. The molecule has 1 aromatic carbocycles. The van der Waals surface area contributed by atoms with Gasteiger partial charge in [-0.1, -0.05) is 12.1 Å². The lowest BCUT2D eigenvalue weighted by molar-refractivity contribution is 0.470. The van der Waals surface area contributed by atoms with Gasteiger partial charge in [0, 0.05) is 30.9 Å². The Morgan fingerprint density at radius 1 is 1.23 bits per heavy atom. The monoisotopic (exact) mass is 348 g/mol. The quantitative estimate of drug-likeness (QED) is 0.565. The van der Waals surface area contributed by atoms with Crippen LogP contribution in [0.15, 0.2) is 41.3 Å². The molecule has 0 bridgehead atoms. The molecule has 4 aromatic rings. The van der Waals surface area contributed by atoms with Gasteiger partial charge in [-0.25, -0.2) is 9.97 Å². The van der Waals surface area contributed by atoms with E-state index in [0.717, 1.165) is 66.2 Å². The van der Waals surface area contributed by atoms with Gasteiger partial charge in [-0.15, -0.1) is 10.2 Å². The second-order valence-corrected chi connectivity index (χ2v) is 6.73. The summed E-state index contributed by atoms with van der Waals surface area (Å²) in [6.45, 7) is 4.83. The molecule has 0 aliphatic carbocycles. The van der Waals surface area contributed by atoms with E-state index < -0.39 is 0 Å². The predicted molar refractivity (Wildman–Crippen MR) is 99.2 cm³/mol. The highest BCUT2D eigenvalue weighted by molar-refractivity contribution is 6.05. The molecule has 1 fully saturated rings. The first-order valence-electron chi connectivity index (χ1n) is 9.10. The second kappa shape index (κ2) is 6.09. The number of anilines is 1. The van der Waals surface area contributed by atoms with E-state index in [2.05, 4.69) is 36.6 Å². The molecule has 3 aromatic heterocycles. The fourth-order valence-corrected chi connectivity index (χ4v) is 3.94. The van der Waals surface area contributed by atoms with Crippen LogP contribution in [-0.4, -0.2) is 37.8 Å². The van der Waals surface area contributed by atoms with Crippen LogP contribution in [0.4, 0.5) is 5.82 Å². The molecule has 4 heterocycles. The molecule has 0 radical (unpaired) electrons. The molecule has 1 aliphatic heterocycles. The highest BCUT2D eigenvalue weighted by Gasteiger charge is 2.28. The van der Waals surface area contributed by atoms with Crippen LogP contribution >= 0.6 is 0 Å². The summed E-state index contributed by atoms with van der Waals surface area (Å²) in [4.78, 5) is 11.3. The number of para-hydroxylation sites is 1. The normalized spacial score (nSPS) is 18.0. The van der Waals surface area contributed by atoms with E-state index in [4.69, 9.17) is 4.42 Å². The Morgan fingerprint density at radius 2 is 2.15 bits per heavy atom. The maximum Gasteiger partial charge on any atom is 0.196 e. The Balaban J connectivity index is 1.55. The Morgan fingerprint density at radius 3 is 3.08 bits per heavy atom. The molecular formula is C19H20N6O. The van der Waals surface area contributed by atoms with Gasteiger partial charge in [-0.05, 0) is 31.9 Å². The zero-order valence-corrected chi connectivity index (χ0v) is 14.7. The first-order chi connectivity index (χ1) is 12.8. The summed E-state index contributed by atoms with van der Waals surface area (Å²) in [7, 11) is 0. The molecule has 5 rings (SSSR count). The number of rotatable bonds is 3. The van der Waals surface area contributed by atoms with Crippen LogP contribution in [0.2, 0.25) is 0 Å². The maximum absolute atomic E-state index is 6.11. The van der Waals surface area contributed by atoms with Crippen molar-refractivity contribution in [2.24, 2.45) is 0 Å². The minimum absolute atomic E-state index is 0.348. The minimum Gasteiger partial charge on any atom is -0.450 e. The minimum atomic E-state index is 0.348. The van der Waals surface area contributed by atoms with Gasteiger partial charge in [-0.3, -0.25) is 0 Å². The number of aromatic nitrogens is 5. The number of hydrogen-bond donors (Lipinski definition) is 0. The Bertz CT molecular complexity index is 1070. The van der Waals surface area contributed by atoms with Crippen molar-refractivity contribution in [1.82, 2.24) is 24.7 Å². The van der Waals surface area contributed by atoms with Crippen LogP contribution in [0.3, 0.4) is 0 Å². The number of fused-ring (bicyclic) bond motifs is 3. The van der Waals surface area contributed by atoms with Crippen molar-refractivity contribution in [2.75, 3.05) is 18.0 Å². The molecule has 26 heavy (non-hydrogen) atoms. The van der Waals surface area contributed by atoms with E-state index in [-0.39, 0.29) is 0 Å². The van der Waals surface area contributed by atoms with E-state index in [1.807, 2.05) is 30.6 Å². The number of nitrogens with zero attached hydrogens (tertiary/aromatic N) is 6. The first-order valence-corrected chi connectivity index (χ1v) is 9.10. The third-order valence-electron chi connectivity index (χ3n) is 5.21. The molecule has 1 aliphatic rings. The molecule has 7 heteroatoms. The molecule has 0 saturated carbocycles. The van der Waals surface area contributed by atoms with Gasteiger partial charge in [-0.2, -0.15) is 0 Å². The molecule has 132 valence electrons. The summed E-state index contributed by atoms with van der Waals surface area (Å²) < 4.78 is 8.24. The largest absolute Gasteiger partial charge is 0.450 e. The van der Waals surface area contributed by atoms with Gasteiger partial charge >= 0.3 is 0 Å². The lowest BCUT2D eigenvalue weighted by Crippen LogP contribution is -2.36. The van der Waals surface area contributed by atoms with E-state index in [0.29, 0.717) is 5.92 Å². The van der Waals surface area contributed by atoms with Crippen molar-refractivity contribution >= 4 is 27.9 Å². The van der Waals surface area contributed by atoms with Gasteiger partial charge in [0.25, 0.3) is 0 Å². The number of hydrogen-bond acceptors (Lipinski definition) is 6. The predicted octanol–water partition coefficient (Wildman–Crippen LogP) is 3.37. The topological polar surface area (TPSA) is 72.9 Å². The Hall–Kier alpha value is -2.96. The fraction of sp³-hybridized carbons (Fsp3) is 0.368. The molecule has 0 N–H and O–H groups in total. The average molecular weight is 348 g/mol. The number of furan rings is 1. The Labute approximate surface area is 150 Å². The van der Waals surface area contributed by atoms with E-state index in [1.165, 1.54) is 0 Å². The number of piperidine rings is 1. The number of aryl methyl sites for hydroxylation is 1. The van der Waals surface area contributed by atoms with Crippen LogP contribution in [0, 0.1) is 0 Å². The number of benzene rings is 1. The summed E-state index contributed by atoms with van der Waals surface area (Å²) in [5.74, 6) is 2.28. The standard InChI is InChI=1S/C19H20N6O/c1-2-24-12-22-23-18(24)13-6-5-9-25(10-13)19-17-16(20-11-21-19)14-7-3-4-8-15(14)26-17/h3-4,7-8,11-13H,2,5-6,9-10H2,1H3. The third-order valence-corrected chi connectivity index (χ3v) is 5.21. The Kier molecular flexibility index (Phi) is 3.58. The molecule has 7 nitrogen and oxygen atoms in total. The zero-order chi connectivity index (χ0) is 17.5. The van der Waals surface area contributed by atoms with Gasteiger partial charge in [0.1, 0.15) is 29.6 Å². The van der Waals surface area contributed by atoms with Crippen molar-refractivity contribution in [3.05, 3.63) is 42.7 Å². The zero-order valence-electron chi connectivity index (χ0n) is 14.7. The lowest BCUT2D eigenvalue weighted by Gasteiger charge is -2.32. The highest BCUT2D eigenvalue weighted by atomic mass is 16.3. The van der Waals surface area contributed by atoms with E-state index >= 15 is 0 Å². The molecule has 1 atom stereocenters. The van der Waals surface area contributed by atoms with Crippen molar-refractivity contribution < 1.29 is 4.42 Å². The van der Waals surface area contributed by atoms with Gasteiger partial charge in [0.05, 0.1) is 0 Å². The van der Waals surface area contributed by atoms with Crippen molar-refractivity contribution in [3.63, 3.8) is 0 Å². The van der Waals surface area contributed by atoms with Crippen molar-refractivity contribution in [3.8, 4) is 0 Å². The third kappa shape index (κ3) is 2.34. The summed E-state index contributed by atoms with van der Waals surface area (Å²) in [5.41, 5.74) is 2.50. The molecule has 1 unspecified atom stereocenters.